The third-order valence-corrected chi connectivity index (χ3v) is 3.56. The van der Waals surface area contributed by atoms with Crippen molar-refractivity contribution in [1.29, 1.82) is 0 Å². The predicted molar refractivity (Wildman–Crippen MR) is 81.4 cm³/mol. The lowest BCUT2D eigenvalue weighted by atomic mass is 10.1. The Morgan fingerprint density at radius 2 is 2.04 bits per heavy atom. The van der Waals surface area contributed by atoms with Gasteiger partial charge < -0.3 is 15.0 Å². The number of halogens is 3. The summed E-state index contributed by atoms with van der Waals surface area (Å²) >= 11 is 0. The van der Waals surface area contributed by atoms with E-state index in [0.717, 1.165) is 16.3 Å². The van der Waals surface area contributed by atoms with E-state index in [1.165, 1.54) is 14.2 Å². The zero-order valence-electron chi connectivity index (χ0n) is 13.3. The Labute approximate surface area is 140 Å². The molecule has 0 amide bonds. The van der Waals surface area contributed by atoms with Crippen LogP contribution in [0.2, 0.25) is 0 Å². The Hall–Kier alpha value is -2.88. The van der Waals surface area contributed by atoms with Gasteiger partial charge >= 0.3 is 6.18 Å². The highest BCUT2D eigenvalue weighted by atomic mass is 19.4. The van der Waals surface area contributed by atoms with Crippen molar-refractivity contribution in [2.24, 2.45) is 12.8 Å². The second-order valence-corrected chi connectivity index (χ2v) is 5.20. The SMILES string of the molecule is COc1ccc(CN)cc1-c1nc(-c2cc(C(F)(F)F)nn2C)no1. The first kappa shape index (κ1) is 17.0. The van der Waals surface area contributed by atoms with E-state index in [-0.39, 0.29) is 17.4 Å². The molecule has 0 radical (unpaired) electrons. The quantitative estimate of drug-likeness (QED) is 0.775. The van der Waals surface area contributed by atoms with E-state index in [2.05, 4.69) is 15.2 Å². The largest absolute Gasteiger partial charge is 0.496 e. The van der Waals surface area contributed by atoms with Crippen molar-refractivity contribution in [1.82, 2.24) is 19.9 Å². The molecule has 132 valence electrons. The molecule has 3 aromatic rings. The number of aryl methyl sites for hydroxylation is 1. The second-order valence-electron chi connectivity index (χ2n) is 5.20. The summed E-state index contributed by atoms with van der Waals surface area (Å²) in [7, 11) is 2.85. The van der Waals surface area contributed by atoms with E-state index < -0.39 is 11.9 Å². The summed E-state index contributed by atoms with van der Waals surface area (Å²) in [5.41, 5.74) is 5.99. The highest BCUT2D eigenvalue weighted by molar-refractivity contribution is 5.65. The summed E-state index contributed by atoms with van der Waals surface area (Å²) in [6.07, 6.45) is -4.55. The van der Waals surface area contributed by atoms with Crippen molar-refractivity contribution in [3.63, 3.8) is 0 Å². The number of methoxy groups -OCH3 is 1. The smallest absolute Gasteiger partial charge is 0.435 e. The molecule has 3 rings (SSSR count). The van der Waals surface area contributed by atoms with Crippen LogP contribution in [0.1, 0.15) is 11.3 Å². The van der Waals surface area contributed by atoms with Gasteiger partial charge in [-0.05, 0) is 23.8 Å². The minimum absolute atomic E-state index is 0.0132. The van der Waals surface area contributed by atoms with Crippen molar-refractivity contribution in [3.8, 4) is 28.7 Å². The van der Waals surface area contributed by atoms with Gasteiger partial charge in [0.1, 0.15) is 11.4 Å². The molecule has 2 N–H and O–H groups in total. The van der Waals surface area contributed by atoms with Crippen LogP contribution < -0.4 is 10.5 Å². The standard InChI is InChI=1S/C15H14F3N5O2/c1-23-10(6-12(21-23)15(16,17)18)13-20-14(25-22-13)9-5-8(7-19)3-4-11(9)24-2/h3-6H,7,19H2,1-2H3. The van der Waals surface area contributed by atoms with Gasteiger partial charge in [-0.1, -0.05) is 11.2 Å². The first-order valence-corrected chi connectivity index (χ1v) is 7.16. The second kappa shape index (κ2) is 6.20. The van der Waals surface area contributed by atoms with Gasteiger partial charge in [-0.15, -0.1) is 0 Å². The minimum atomic E-state index is -4.55. The maximum absolute atomic E-state index is 12.8. The van der Waals surface area contributed by atoms with Gasteiger partial charge in [0, 0.05) is 13.6 Å². The molecule has 0 aliphatic rings. The molecular weight excluding hydrogens is 339 g/mol. The number of rotatable bonds is 4. The van der Waals surface area contributed by atoms with Crippen LogP contribution in [0.4, 0.5) is 13.2 Å². The highest BCUT2D eigenvalue weighted by Crippen LogP contribution is 2.33. The molecule has 0 fully saturated rings. The predicted octanol–water partition coefficient (Wildman–Crippen LogP) is 2.62. The number of nitrogens with two attached hydrogens (primary N) is 1. The van der Waals surface area contributed by atoms with Crippen LogP contribution >= 0.6 is 0 Å². The Morgan fingerprint density at radius 1 is 1.28 bits per heavy atom. The Bertz CT molecular complexity index is 901. The molecule has 0 atom stereocenters. The van der Waals surface area contributed by atoms with Crippen LogP contribution in [-0.2, 0) is 19.8 Å². The van der Waals surface area contributed by atoms with Crippen LogP contribution in [-0.4, -0.2) is 27.0 Å². The molecule has 0 aliphatic heterocycles. The lowest BCUT2D eigenvalue weighted by Crippen LogP contribution is -2.06. The average Bonchev–Trinajstić information content (AvgIpc) is 3.20. The summed E-state index contributed by atoms with van der Waals surface area (Å²) in [4.78, 5) is 4.16. The van der Waals surface area contributed by atoms with Gasteiger partial charge in [0.2, 0.25) is 5.82 Å². The van der Waals surface area contributed by atoms with E-state index in [0.29, 0.717) is 17.9 Å². The minimum Gasteiger partial charge on any atom is -0.496 e. The molecule has 2 aromatic heterocycles. The van der Waals surface area contributed by atoms with Gasteiger partial charge in [0.25, 0.3) is 5.89 Å². The first-order valence-electron chi connectivity index (χ1n) is 7.16. The number of ether oxygens (including phenoxy) is 1. The third kappa shape index (κ3) is 3.20. The maximum Gasteiger partial charge on any atom is 0.435 e. The van der Waals surface area contributed by atoms with Gasteiger partial charge in [-0.3, -0.25) is 4.68 Å². The Balaban J connectivity index is 2.03. The van der Waals surface area contributed by atoms with Crippen molar-refractivity contribution in [2.45, 2.75) is 12.7 Å². The van der Waals surface area contributed by atoms with Crippen molar-refractivity contribution >= 4 is 0 Å². The number of benzene rings is 1. The molecule has 7 nitrogen and oxygen atoms in total. The lowest BCUT2D eigenvalue weighted by molar-refractivity contribution is -0.141. The topological polar surface area (TPSA) is 92.0 Å². The molecule has 25 heavy (non-hydrogen) atoms. The molecule has 0 saturated heterocycles. The van der Waals surface area contributed by atoms with Crippen LogP contribution in [0.3, 0.4) is 0 Å². The normalized spacial score (nSPS) is 11.8. The fourth-order valence-electron chi connectivity index (χ4n) is 2.30. The monoisotopic (exact) mass is 353 g/mol. The Kier molecular flexibility index (Phi) is 4.21. The van der Waals surface area contributed by atoms with Crippen molar-refractivity contribution in [2.75, 3.05) is 7.11 Å². The molecule has 1 aromatic carbocycles. The lowest BCUT2D eigenvalue weighted by Gasteiger charge is -2.06. The number of nitrogens with zero attached hydrogens (tertiary/aromatic N) is 4. The molecule has 0 spiro atoms. The van der Waals surface area contributed by atoms with Gasteiger partial charge in [-0.25, -0.2) is 0 Å². The van der Waals surface area contributed by atoms with Gasteiger partial charge in [0.15, 0.2) is 5.69 Å². The van der Waals surface area contributed by atoms with E-state index >= 15 is 0 Å². The molecule has 0 bridgehead atoms. The highest BCUT2D eigenvalue weighted by Gasteiger charge is 2.35. The molecule has 0 saturated carbocycles. The summed E-state index contributed by atoms with van der Waals surface area (Å²) in [6.45, 7) is 0.300. The number of hydrogen-bond acceptors (Lipinski definition) is 6. The fraction of sp³-hybridized carbons (Fsp3) is 0.267. The van der Waals surface area contributed by atoms with Crippen LogP contribution in [0, 0.1) is 0 Å². The van der Waals surface area contributed by atoms with Gasteiger partial charge in [0.05, 0.1) is 12.7 Å². The Morgan fingerprint density at radius 3 is 2.64 bits per heavy atom. The summed E-state index contributed by atoms with van der Waals surface area (Å²) in [5, 5.41) is 7.18. The van der Waals surface area contributed by atoms with Crippen molar-refractivity contribution < 1.29 is 22.4 Å². The van der Waals surface area contributed by atoms with Crippen LogP contribution in [0.25, 0.3) is 23.0 Å². The number of aromatic nitrogens is 4. The average molecular weight is 353 g/mol. The molecule has 2 heterocycles. The fourth-order valence-corrected chi connectivity index (χ4v) is 2.30. The zero-order valence-corrected chi connectivity index (χ0v) is 13.3. The molecule has 0 unspecified atom stereocenters. The third-order valence-electron chi connectivity index (χ3n) is 3.56. The molecular formula is C15H14F3N5O2. The summed E-state index contributed by atoms with van der Waals surface area (Å²) < 4.78 is 49.8. The molecule has 0 aliphatic carbocycles. The zero-order chi connectivity index (χ0) is 18.2. The van der Waals surface area contributed by atoms with Crippen LogP contribution in [0.15, 0.2) is 28.8 Å². The number of hydrogen-bond donors (Lipinski definition) is 1. The summed E-state index contributed by atoms with van der Waals surface area (Å²) in [5.74, 6) is 0.575. The maximum atomic E-state index is 12.8. The summed E-state index contributed by atoms with van der Waals surface area (Å²) in [6, 6.07) is 6.08. The van der Waals surface area contributed by atoms with E-state index in [1.54, 1.807) is 18.2 Å². The van der Waals surface area contributed by atoms with E-state index in [1.807, 2.05) is 0 Å². The van der Waals surface area contributed by atoms with E-state index in [9.17, 15) is 13.2 Å². The van der Waals surface area contributed by atoms with Crippen LogP contribution in [0.5, 0.6) is 5.75 Å². The van der Waals surface area contributed by atoms with E-state index in [4.69, 9.17) is 15.0 Å². The van der Waals surface area contributed by atoms with Crippen molar-refractivity contribution in [3.05, 3.63) is 35.5 Å². The number of alkyl halides is 3. The van der Waals surface area contributed by atoms with Gasteiger partial charge in [-0.2, -0.15) is 23.3 Å². The first-order chi connectivity index (χ1) is 11.8. The molecule has 10 heteroatoms.